The van der Waals surface area contributed by atoms with Gasteiger partial charge in [0.25, 0.3) is 0 Å². The van der Waals surface area contributed by atoms with E-state index in [0.29, 0.717) is 5.56 Å². The van der Waals surface area contributed by atoms with Crippen molar-refractivity contribution < 1.29 is 30.1 Å². The van der Waals surface area contributed by atoms with E-state index >= 15 is 0 Å². The fourth-order valence-electron chi connectivity index (χ4n) is 2.93. The van der Waals surface area contributed by atoms with Crippen molar-refractivity contribution in [2.45, 2.75) is 11.4 Å². The van der Waals surface area contributed by atoms with Gasteiger partial charge in [-0.2, -0.15) is 12.7 Å². The van der Waals surface area contributed by atoms with Gasteiger partial charge in [0, 0.05) is 25.6 Å². The molecule has 0 heterocycles. The highest BCUT2D eigenvalue weighted by Crippen LogP contribution is 2.21. The van der Waals surface area contributed by atoms with Crippen LogP contribution in [0.25, 0.3) is 6.08 Å². The minimum Gasteiger partial charge on any atom is -0.383 e. The molecule has 0 unspecified atom stereocenters. The first kappa shape index (κ1) is 25.6. The largest absolute Gasteiger partial charge is 0.383 e. The van der Waals surface area contributed by atoms with Crippen LogP contribution in [0.2, 0.25) is 0 Å². The average molecular weight is 506 g/mol. The summed E-state index contributed by atoms with van der Waals surface area (Å²) in [4.78, 5) is -0.181. The van der Waals surface area contributed by atoms with Crippen LogP contribution in [0.3, 0.4) is 0 Å². The van der Waals surface area contributed by atoms with Crippen molar-refractivity contribution in [2.75, 3.05) is 20.3 Å². The van der Waals surface area contributed by atoms with Crippen LogP contribution < -0.4 is 4.18 Å². The Morgan fingerprint density at radius 2 is 1.53 bits per heavy atom. The Morgan fingerprint density at radius 3 is 2.15 bits per heavy atom. The number of rotatable bonds is 11. The Balaban J connectivity index is 1.73. The van der Waals surface area contributed by atoms with E-state index in [1.54, 1.807) is 24.3 Å². The van der Waals surface area contributed by atoms with E-state index in [-0.39, 0.29) is 30.3 Å². The van der Waals surface area contributed by atoms with Crippen LogP contribution in [0.4, 0.5) is 4.39 Å². The van der Waals surface area contributed by atoms with Crippen molar-refractivity contribution in [1.82, 2.24) is 4.31 Å². The first-order valence-corrected chi connectivity index (χ1v) is 13.1. The zero-order valence-electron chi connectivity index (χ0n) is 18.4. The summed E-state index contributed by atoms with van der Waals surface area (Å²) in [7, 11) is -6.40. The van der Waals surface area contributed by atoms with Gasteiger partial charge in [-0.3, -0.25) is 0 Å². The third kappa shape index (κ3) is 7.22. The number of hydrogen-bond acceptors (Lipinski definition) is 6. The smallest absolute Gasteiger partial charge is 0.339 e. The average Bonchev–Trinajstić information content (AvgIpc) is 2.82. The van der Waals surface area contributed by atoms with Crippen LogP contribution >= 0.6 is 0 Å². The molecule has 0 atom stereocenters. The first-order valence-electron chi connectivity index (χ1n) is 10.2. The molecule has 0 saturated carbocycles. The second kappa shape index (κ2) is 11.4. The van der Waals surface area contributed by atoms with Crippen molar-refractivity contribution in [3.05, 3.63) is 101 Å². The van der Waals surface area contributed by atoms with E-state index in [1.165, 1.54) is 29.6 Å². The summed E-state index contributed by atoms with van der Waals surface area (Å²) < 4.78 is 75.0. The summed E-state index contributed by atoms with van der Waals surface area (Å²) in [5.41, 5.74) is 1.38. The number of hydrogen-bond donors (Lipinski definition) is 0. The quantitative estimate of drug-likeness (QED) is 0.366. The first-order chi connectivity index (χ1) is 16.2. The molecule has 0 N–H and O–H groups in total. The lowest BCUT2D eigenvalue weighted by molar-refractivity contribution is 0.178. The van der Waals surface area contributed by atoms with Gasteiger partial charge < -0.3 is 8.92 Å². The summed E-state index contributed by atoms with van der Waals surface area (Å²) in [6.07, 6.45) is 1.52. The van der Waals surface area contributed by atoms with E-state index in [0.717, 1.165) is 35.2 Å². The highest BCUT2D eigenvalue weighted by molar-refractivity contribution is 7.92. The Labute approximate surface area is 199 Å². The van der Waals surface area contributed by atoms with Gasteiger partial charge in [-0.1, -0.05) is 42.5 Å². The third-order valence-electron chi connectivity index (χ3n) is 4.73. The summed E-state index contributed by atoms with van der Waals surface area (Å²) in [6.45, 7) is 0.389. The van der Waals surface area contributed by atoms with E-state index in [4.69, 9.17) is 8.92 Å². The number of benzene rings is 3. The topological polar surface area (TPSA) is 90.0 Å². The van der Waals surface area contributed by atoms with Gasteiger partial charge in [0.2, 0.25) is 10.0 Å². The van der Waals surface area contributed by atoms with Crippen molar-refractivity contribution in [2.24, 2.45) is 0 Å². The van der Waals surface area contributed by atoms with E-state index in [2.05, 4.69) is 0 Å². The monoisotopic (exact) mass is 505 g/mol. The Morgan fingerprint density at radius 1 is 0.882 bits per heavy atom. The van der Waals surface area contributed by atoms with Gasteiger partial charge in [0.1, 0.15) is 16.5 Å². The van der Waals surface area contributed by atoms with Gasteiger partial charge in [-0.25, -0.2) is 12.8 Å². The zero-order valence-corrected chi connectivity index (χ0v) is 20.0. The molecule has 180 valence electrons. The van der Waals surface area contributed by atoms with Crippen molar-refractivity contribution in [3.63, 3.8) is 0 Å². The van der Waals surface area contributed by atoms with E-state index < -0.39 is 26.0 Å². The van der Waals surface area contributed by atoms with Gasteiger partial charge in [-0.05, 0) is 53.6 Å². The van der Waals surface area contributed by atoms with Gasteiger partial charge in [-0.15, -0.1) is 0 Å². The fraction of sp³-hybridized carbons (Fsp3) is 0.167. The van der Waals surface area contributed by atoms with Crippen LogP contribution in [0.5, 0.6) is 5.75 Å². The van der Waals surface area contributed by atoms with Crippen LogP contribution in [0.15, 0.2) is 89.2 Å². The maximum absolute atomic E-state index is 13.1. The zero-order chi connectivity index (χ0) is 24.6. The normalized spacial score (nSPS) is 12.3. The molecular weight excluding hydrogens is 481 g/mol. The fourth-order valence-corrected chi connectivity index (χ4v) is 5.02. The molecule has 0 spiro atoms. The molecule has 3 rings (SSSR count). The standard InChI is InChI=1S/C24H24FNO6S2/c1-31-17-16-26(33(27,28)18-15-20-5-3-2-4-6-20)19-21-7-11-23(12-8-21)32-34(29,30)24-13-9-22(25)10-14-24/h2-15,18H,16-17,19H2,1H3. The van der Waals surface area contributed by atoms with Crippen molar-refractivity contribution >= 4 is 26.2 Å². The van der Waals surface area contributed by atoms with Crippen molar-refractivity contribution in [3.8, 4) is 5.75 Å². The summed E-state index contributed by atoms with van der Waals surface area (Å²) in [5.74, 6) is -0.516. The molecular formula is C24H24FNO6S2. The predicted molar refractivity (Wildman–Crippen MR) is 127 cm³/mol. The molecule has 0 bridgehead atoms. The Bertz CT molecular complexity index is 1310. The lowest BCUT2D eigenvalue weighted by atomic mass is 10.2. The highest BCUT2D eigenvalue weighted by Gasteiger charge is 2.20. The molecule has 0 aromatic heterocycles. The number of methoxy groups -OCH3 is 1. The summed E-state index contributed by atoms with van der Waals surface area (Å²) in [6, 6.07) is 19.3. The van der Waals surface area contributed by atoms with Gasteiger partial charge >= 0.3 is 10.1 Å². The number of sulfonamides is 1. The molecule has 0 saturated heterocycles. The molecule has 0 radical (unpaired) electrons. The molecule has 0 aliphatic rings. The van der Waals surface area contributed by atoms with E-state index in [1.807, 2.05) is 18.2 Å². The molecule has 0 aliphatic carbocycles. The molecule has 3 aromatic rings. The Hall–Kier alpha value is -3.05. The van der Waals surface area contributed by atoms with Crippen LogP contribution in [0, 0.1) is 5.82 Å². The van der Waals surface area contributed by atoms with E-state index in [9.17, 15) is 21.2 Å². The minimum absolute atomic E-state index is 0.0448. The second-order valence-corrected chi connectivity index (χ2v) is 10.6. The molecule has 0 aliphatic heterocycles. The maximum Gasteiger partial charge on any atom is 0.339 e. The molecule has 34 heavy (non-hydrogen) atoms. The third-order valence-corrected chi connectivity index (χ3v) is 7.50. The number of halogens is 1. The highest BCUT2D eigenvalue weighted by atomic mass is 32.2. The second-order valence-electron chi connectivity index (χ2n) is 7.22. The SMILES string of the molecule is COCCN(Cc1ccc(OS(=O)(=O)c2ccc(F)cc2)cc1)S(=O)(=O)C=Cc1ccccc1. The molecule has 10 heteroatoms. The Kier molecular flexibility index (Phi) is 8.56. The number of ether oxygens (including phenoxy) is 1. The van der Waals surface area contributed by atoms with Gasteiger partial charge in [0.05, 0.1) is 6.61 Å². The molecule has 3 aromatic carbocycles. The minimum atomic E-state index is -4.13. The van der Waals surface area contributed by atoms with Crippen molar-refractivity contribution in [1.29, 1.82) is 0 Å². The van der Waals surface area contributed by atoms with Crippen LogP contribution in [-0.4, -0.2) is 41.4 Å². The summed E-state index contributed by atoms with van der Waals surface area (Å²) >= 11 is 0. The summed E-state index contributed by atoms with van der Waals surface area (Å²) in [5, 5.41) is 1.14. The lowest BCUT2D eigenvalue weighted by Crippen LogP contribution is -2.32. The molecule has 0 amide bonds. The number of nitrogens with zero attached hydrogens (tertiary/aromatic N) is 1. The van der Waals surface area contributed by atoms with Gasteiger partial charge in [0.15, 0.2) is 0 Å². The van der Waals surface area contributed by atoms with Crippen LogP contribution in [0.1, 0.15) is 11.1 Å². The molecule has 7 nitrogen and oxygen atoms in total. The molecule has 0 fully saturated rings. The lowest BCUT2D eigenvalue weighted by Gasteiger charge is -2.20. The predicted octanol–water partition coefficient (Wildman–Crippen LogP) is 4.04. The van der Waals surface area contributed by atoms with Crippen LogP contribution in [-0.2, 0) is 31.4 Å². The maximum atomic E-state index is 13.1.